The lowest BCUT2D eigenvalue weighted by atomic mass is 10.0. The van der Waals surface area contributed by atoms with Gasteiger partial charge in [0.1, 0.15) is 5.54 Å². The molecule has 0 aromatic carbocycles. The van der Waals surface area contributed by atoms with Gasteiger partial charge in [0.15, 0.2) is 40.5 Å². The molecule has 0 saturated heterocycles. The Balaban J connectivity index is -0.000000489. The number of ether oxygens (including phenoxy) is 6. The summed E-state index contributed by atoms with van der Waals surface area (Å²) in [6, 6.07) is 0. The van der Waals surface area contributed by atoms with Crippen LogP contribution in [0.2, 0.25) is 0 Å². The Bertz CT molecular complexity index is 3200. The van der Waals surface area contributed by atoms with Gasteiger partial charge in [-0.1, -0.05) is 105 Å². The number of amides is 9. The van der Waals surface area contributed by atoms with E-state index in [1.165, 1.54) is 93.7 Å². The first-order valence-corrected chi connectivity index (χ1v) is 41.8. The van der Waals surface area contributed by atoms with E-state index < -0.39 is 11.4 Å². The van der Waals surface area contributed by atoms with E-state index in [1.807, 2.05) is 0 Å². The molecule has 31 nitrogen and oxygen atoms in total. The predicted octanol–water partition coefficient (Wildman–Crippen LogP) is 8.82. The first kappa shape index (κ1) is 122. The molecule has 0 radical (unpaired) electrons. The monoisotopic (exact) mass is 1750 g/mol. The van der Waals surface area contributed by atoms with E-state index in [9.17, 15) is 76.7 Å². The van der Waals surface area contributed by atoms with Gasteiger partial charge in [-0.2, -0.15) is 0 Å². The lowest BCUT2D eigenvalue weighted by Gasteiger charge is -2.34. The van der Waals surface area contributed by atoms with Crippen LogP contribution in [-0.2, 0) is 105 Å². The fourth-order valence-electron chi connectivity index (χ4n) is 9.97. The minimum atomic E-state index is -0.969. The van der Waals surface area contributed by atoms with Crippen LogP contribution in [0, 0.1) is 0 Å². The summed E-state index contributed by atoms with van der Waals surface area (Å²) in [6.07, 6.45) is 33.2. The molecule has 0 aliphatic heterocycles. The summed E-state index contributed by atoms with van der Waals surface area (Å²) in [5.74, 6) is -2.41. The van der Waals surface area contributed by atoms with E-state index in [4.69, 9.17) is 28.4 Å². The maximum absolute atomic E-state index is 12.2. The van der Waals surface area contributed by atoms with Crippen LogP contribution < -0.4 is 26.6 Å². The summed E-state index contributed by atoms with van der Waals surface area (Å²) >= 11 is 0. The summed E-state index contributed by atoms with van der Waals surface area (Å²) in [6.45, 7) is 64.1. The van der Waals surface area contributed by atoms with Crippen molar-refractivity contribution in [2.24, 2.45) is 0 Å². The molecule has 0 fully saturated rings. The molecule has 0 aliphatic carbocycles. The highest BCUT2D eigenvalue weighted by atomic mass is 16.5. The molecule has 31 heteroatoms. The molecule has 5 N–H and O–H groups in total. The van der Waals surface area contributed by atoms with E-state index in [0.29, 0.717) is 195 Å². The van der Waals surface area contributed by atoms with E-state index in [0.717, 1.165) is 69.6 Å². The molecule has 0 saturated carbocycles. The molecule has 0 spiro atoms. The highest BCUT2D eigenvalue weighted by molar-refractivity contribution is 5.94. The van der Waals surface area contributed by atoms with Crippen molar-refractivity contribution in [1.29, 1.82) is 0 Å². The lowest BCUT2D eigenvalue weighted by molar-refractivity contribution is -0.130. The van der Waals surface area contributed by atoms with Gasteiger partial charge in [0.05, 0.1) is 46.2 Å². The number of rotatable bonds is 79. The number of allylic oxidation sites excluding steroid dienone is 7. The Hall–Kier alpha value is -11.5. The van der Waals surface area contributed by atoms with E-state index in [2.05, 4.69) is 132 Å². The fourth-order valence-corrected chi connectivity index (χ4v) is 9.97. The summed E-state index contributed by atoms with van der Waals surface area (Å²) < 4.78 is 33.7. The lowest BCUT2D eigenvalue weighted by Crippen LogP contribution is -2.58. The van der Waals surface area contributed by atoms with Gasteiger partial charge >= 0.3 is 0 Å². The average molecular weight is 1750 g/mol. The van der Waals surface area contributed by atoms with Gasteiger partial charge in [0.25, 0.3) is 0 Å². The van der Waals surface area contributed by atoms with Crippen LogP contribution in [0.1, 0.15) is 135 Å². The summed E-state index contributed by atoms with van der Waals surface area (Å²) in [7, 11) is 0. The minimum Gasteiger partial charge on any atom is -0.379 e. The maximum Gasteiger partial charge on any atom is 0.246 e. The first-order chi connectivity index (χ1) is 60.0. The SMILES string of the molecule is C=CC(=O)CCCCN(CCCCC(=O)C=C)C(=O)C=C.C=CC(=O)CCCCOCC(COCCCCC(=O)C=C)(COCCCNC(=O)C=C)NC(=O)C=C.C=CC(=O)CCCCOCCOCCOCCCCC(=O)C=C.C=CC(=O)CCCN(CCN(CCNC(=O)C=C)C(=O)C=C)C(=O)C=C.C=CC(=O)NCCN(CCNC(=O)C=C)C(=O)C=C. The Kier molecular flexibility index (Phi) is 85.4. The van der Waals surface area contributed by atoms with Crippen LogP contribution in [-0.4, -0.2) is 277 Å². The number of nitrogens with one attached hydrogen (secondary N) is 5. The number of unbranched alkanes of at least 4 members (excludes halogenated alkanes) is 6. The average Bonchev–Trinajstić information content (AvgIpc) is 0.859. The molecular formula is C94H143N9O22. The van der Waals surface area contributed by atoms with Crippen molar-refractivity contribution in [3.8, 4) is 0 Å². The highest BCUT2D eigenvalue weighted by Crippen LogP contribution is 2.13. The third kappa shape index (κ3) is 78.3. The molecule has 0 rings (SSSR count). The van der Waals surface area contributed by atoms with Crippen LogP contribution in [0.5, 0.6) is 0 Å². The quantitative estimate of drug-likeness (QED) is 0.0280. The molecule has 0 aromatic heterocycles. The largest absolute Gasteiger partial charge is 0.379 e. The van der Waals surface area contributed by atoms with Gasteiger partial charge in [-0.15, -0.1) is 0 Å². The molecule has 0 atom stereocenters. The predicted molar refractivity (Wildman–Crippen MR) is 489 cm³/mol. The Morgan fingerprint density at radius 1 is 0.208 bits per heavy atom. The van der Waals surface area contributed by atoms with Crippen LogP contribution in [0.25, 0.3) is 0 Å². The Labute approximate surface area is 742 Å². The zero-order chi connectivity index (χ0) is 95.0. The van der Waals surface area contributed by atoms with Gasteiger partial charge in [-0.25, -0.2) is 0 Å². The van der Waals surface area contributed by atoms with E-state index in [1.54, 1.807) is 4.90 Å². The number of ketones is 7. The van der Waals surface area contributed by atoms with Crippen LogP contribution in [0.15, 0.2) is 202 Å². The maximum atomic E-state index is 12.2. The van der Waals surface area contributed by atoms with Crippen molar-refractivity contribution in [3.05, 3.63) is 202 Å². The number of hydrogen-bond acceptors (Lipinski definition) is 22. The van der Waals surface area contributed by atoms with Gasteiger partial charge in [-0.3, -0.25) is 76.7 Å². The molecule has 0 heterocycles. The number of nitrogens with zero attached hydrogens (tertiary/aromatic N) is 4. The number of carbonyl (C=O) groups excluding carboxylic acids is 16. The van der Waals surface area contributed by atoms with Gasteiger partial charge in [0, 0.05) is 157 Å². The number of hydrogen-bond donors (Lipinski definition) is 5. The van der Waals surface area contributed by atoms with E-state index >= 15 is 0 Å². The smallest absolute Gasteiger partial charge is 0.246 e. The molecule has 9 amide bonds. The van der Waals surface area contributed by atoms with Crippen molar-refractivity contribution >= 4 is 93.6 Å². The van der Waals surface area contributed by atoms with Crippen molar-refractivity contribution in [2.75, 3.05) is 158 Å². The van der Waals surface area contributed by atoms with Gasteiger partial charge < -0.3 is 74.6 Å². The zero-order valence-electron chi connectivity index (χ0n) is 74.1. The standard InChI is InChI=1S/C27H42N2O7.C19H27N3O4.C18H30O5.C17H25NO3.C13H19N3O3/c1-5-23(30)14-9-11-17-34-20-27(29-26(33)8-4,21-35-18-12-10-15-24(31)6-2)22-36-19-13-16-28-25(32)7-3;1-5-16(23)10-9-12-21(18(25)7-3)14-15-22(19(26)8-4)13-11-20-17(24)6-2;1-3-17(19)9-5-7-11-21-13-15-23-16-14-22-12-8-6-10-18(20)4-2;1-4-15(19)11-7-9-13-18(17(21)6-3)14-10-8-12-16(20)5-2;1-4-11(17)14-7-9-16(13(19)6-3)10-8-15-12(18)5-2/h5-8H,1-4,9-22H2,(H,28,32)(H,29,33);5-8H,1-4,9-15H2,(H,20,24);3-4H,1-2,5-16H2;4-6H,1-3,7-14H2;4-6H,1-3,7-10H2,(H,14,17)(H,15,18). The first-order valence-electron chi connectivity index (χ1n) is 41.8. The van der Waals surface area contributed by atoms with Gasteiger partial charge in [0.2, 0.25) is 53.2 Å². The van der Waals surface area contributed by atoms with E-state index in [-0.39, 0.29) is 134 Å². The summed E-state index contributed by atoms with van der Waals surface area (Å²) in [5.41, 5.74) is -0.969. The highest BCUT2D eigenvalue weighted by Gasteiger charge is 2.33. The molecule has 0 bridgehead atoms. The Morgan fingerprint density at radius 2 is 0.424 bits per heavy atom. The second-order valence-electron chi connectivity index (χ2n) is 27.0. The third-order valence-electron chi connectivity index (χ3n) is 17.1. The van der Waals surface area contributed by atoms with Gasteiger partial charge in [-0.05, 0) is 187 Å². The molecule has 0 aromatic rings. The van der Waals surface area contributed by atoms with Crippen molar-refractivity contribution < 1.29 is 105 Å². The topological polar surface area (TPSA) is 402 Å². The van der Waals surface area contributed by atoms with Crippen molar-refractivity contribution in [1.82, 2.24) is 46.2 Å². The molecule has 0 aliphatic rings. The molecule has 0 unspecified atom stereocenters. The molecular weight excluding hydrogens is 1610 g/mol. The zero-order valence-corrected chi connectivity index (χ0v) is 74.1. The third-order valence-corrected chi connectivity index (χ3v) is 17.1. The Morgan fingerprint density at radius 3 is 0.696 bits per heavy atom. The van der Waals surface area contributed by atoms with Crippen LogP contribution in [0.3, 0.4) is 0 Å². The summed E-state index contributed by atoms with van der Waals surface area (Å²) in [5, 5.41) is 13.3. The molecule has 125 heavy (non-hydrogen) atoms. The second-order valence-corrected chi connectivity index (χ2v) is 27.0. The van der Waals surface area contributed by atoms with Crippen molar-refractivity contribution in [2.45, 2.75) is 140 Å². The second kappa shape index (κ2) is 87.4. The van der Waals surface area contributed by atoms with Crippen molar-refractivity contribution in [3.63, 3.8) is 0 Å². The van der Waals surface area contributed by atoms with Crippen LogP contribution in [0.4, 0.5) is 0 Å². The fraction of sp³-hybridized carbons (Fsp3) is 0.489. The minimum absolute atomic E-state index is 0.0107. The normalized spacial score (nSPS) is 10.0. The summed E-state index contributed by atoms with van der Waals surface area (Å²) in [4.78, 5) is 188. The number of carbonyl (C=O) groups is 16. The van der Waals surface area contributed by atoms with Crippen LogP contribution >= 0.6 is 0 Å². The molecule has 696 valence electrons.